The summed E-state index contributed by atoms with van der Waals surface area (Å²) < 4.78 is 0. The van der Waals surface area contributed by atoms with Crippen molar-refractivity contribution in [1.29, 1.82) is 0 Å². The van der Waals surface area contributed by atoms with E-state index in [2.05, 4.69) is 20.6 Å². The third-order valence-corrected chi connectivity index (χ3v) is 7.36. The molecule has 0 aromatic carbocycles. The van der Waals surface area contributed by atoms with Gasteiger partial charge in [0.05, 0.1) is 6.20 Å². The van der Waals surface area contributed by atoms with Crippen LogP contribution in [0.3, 0.4) is 0 Å². The number of likely N-dealkylation sites (tertiary alicyclic amines) is 1. The summed E-state index contributed by atoms with van der Waals surface area (Å²) in [4.78, 5) is 61.9. The minimum Gasteiger partial charge on any atom is -0.480 e. The highest BCUT2D eigenvalue weighted by Gasteiger charge is 2.45. The molecule has 1 aliphatic heterocycles. The SMILES string of the molecule is CC(C)=C[C@@H]1C[C@@H](C(=O)O)N(C(=O)[C@@H](NC(=O)[C@@H](NC(=O)c2cnccn2)C2CCCCC2)C(C)(C)C)C1. The summed E-state index contributed by atoms with van der Waals surface area (Å²) in [5.74, 6) is -2.58. The molecule has 1 saturated heterocycles. The van der Waals surface area contributed by atoms with Crippen LogP contribution >= 0.6 is 0 Å². The molecular formula is C28H41N5O5. The first-order valence-corrected chi connectivity index (χ1v) is 13.4. The van der Waals surface area contributed by atoms with Crippen molar-refractivity contribution in [2.24, 2.45) is 17.3 Å². The fourth-order valence-corrected chi connectivity index (χ4v) is 5.48. The fraction of sp³-hybridized carbons (Fsp3) is 0.643. The van der Waals surface area contributed by atoms with Gasteiger partial charge in [-0.2, -0.15) is 0 Å². The summed E-state index contributed by atoms with van der Waals surface area (Å²) in [7, 11) is 0. The molecule has 2 aliphatic rings. The van der Waals surface area contributed by atoms with Gasteiger partial charge in [0.1, 0.15) is 23.8 Å². The number of carbonyl (C=O) groups excluding carboxylic acids is 3. The first-order valence-electron chi connectivity index (χ1n) is 13.4. The lowest BCUT2D eigenvalue weighted by atomic mass is 9.82. The Balaban J connectivity index is 1.85. The van der Waals surface area contributed by atoms with Gasteiger partial charge in [-0.15, -0.1) is 0 Å². The van der Waals surface area contributed by atoms with E-state index in [1.807, 2.05) is 40.7 Å². The average molecular weight is 528 g/mol. The lowest BCUT2D eigenvalue weighted by Gasteiger charge is -2.37. The number of carbonyl (C=O) groups is 4. The zero-order chi connectivity index (χ0) is 28.0. The minimum absolute atomic E-state index is 0.0670. The van der Waals surface area contributed by atoms with Gasteiger partial charge in [-0.25, -0.2) is 9.78 Å². The molecule has 2 fully saturated rings. The van der Waals surface area contributed by atoms with Crippen molar-refractivity contribution in [1.82, 2.24) is 25.5 Å². The number of amides is 3. The molecule has 2 heterocycles. The second-order valence-corrected chi connectivity index (χ2v) is 11.8. The third-order valence-electron chi connectivity index (χ3n) is 7.36. The van der Waals surface area contributed by atoms with E-state index < -0.39 is 47.2 Å². The predicted octanol–water partition coefficient (Wildman–Crippen LogP) is 2.95. The largest absolute Gasteiger partial charge is 0.480 e. The van der Waals surface area contributed by atoms with Crippen molar-refractivity contribution in [3.8, 4) is 0 Å². The van der Waals surface area contributed by atoms with Gasteiger partial charge in [-0.1, -0.05) is 51.7 Å². The monoisotopic (exact) mass is 527 g/mol. The van der Waals surface area contributed by atoms with Crippen LogP contribution in [0.5, 0.6) is 0 Å². The van der Waals surface area contributed by atoms with Gasteiger partial charge in [0.2, 0.25) is 11.8 Å². The van der Waals surface area contributed by atoms with E-state index in [1.54, 1.807) is 0 Å². The predicted molar refractivity (Wildman–Crippen MR) is 142 cm³/mol. The topological polar surface area (TPSA) is 142 Å². The number of hydrogen-bond donors (Lipinski definition) is 3. The molecular weight excluding hydrogens is 486 g/mol. The molecule has 208 valence electrons. The Hall–Kier alpha value is -3.30. The molecule has 1 aromatic rings. The van der Waals surface area contributed by atoms with Gasteiger partial charge >= 0.3 is 5.97 Å². The maximum atomic E-state index is 13.8. The number of aromatic nitrogens is 2. The zero-order valence-corrected chi connectivity index (χ0v) is 23.1. The first kappa shape index (κ1) is 29.3. The van der Waals surface area contributed by atoms with Crippen LogP contribution in [0, 0.1) is 17.3 Å². The normalized spacial score (nSPS) is 21.8. The maximum Gasteiger partial charge on any atom is 0.326 e. The molecule has 0 unspecified atom stereocenters. The van der Waals surface area contributed by atoms with Crippen LogP contribution in [0.25, 0.3) is 0 Å². The molecule has 10 nitrogen and oxygen atoms in total. The van der Waals surface area contributed by atoms with E-state index in [9.17, 15) is 24.3 Å². The number of nitrogens with one attached hydrogen (secondary N) is 2. The number of carboxylic acid groups (broad SMARTS) is 1. The standard InChI is InChI=1S/C28H41N5O5/c1-17(2)13-18-14-21(27(37)38)33(16-18)26(36)23(28(3,4)5)32-25(35)22(19-9-7-6-8-10-19)31-24(34)20-15-29-11-12-30-20/h11-13,15,18-19,21-23H,6-10,14,16H2,1-5H3,(H,31,34)(H,32,35)(H,37,38)/t18-,21+,22+,23-/m1/s1. The van der Waals surface area contributed by atoms with Crippen LogP contribution in [-0.4, -0.2) is 68.3 Å². The van der Waals surface area contributed by atoms with Crippen molar-refractivity contribution in [3.63, 3.8) is 0 Å². The van der Waals surface area contributed by atoms with E-state index in [4.69, 9.17) is 0 Å². The molecule has 0 bridgehead atoms. The third kappa shape index (κ3) is 7.39. The molecule has 3 rings (SSSR count). The van der Waals surface area contributed by atoms with E-state index >= 15 is 0 Å². The number of hydrogen-bond acceptors (Lipinski definition) is 6. The second-order valence-electron chi connectivity index (χ2n) is 11.8. The number of aliphatic carboxylic acids is 1. The minimum atomic E-state index is -1.06. The zero-order valence-electron chi connectivity index (χ0n) is 23.1. The van der Waals surface area contributed by atoms with E-state index in [-0.39, 0.29) is 24.1 Å². The highest BCUT2D eigenvalue weighted by atomic mass is 16.4. The lowest BCUT2D eigenvalue weighted by molar-refractivity contribution is -0.151. The van der Waals surface area contributed by atoms with Crippen LogP contribution in [-0.2, 0) is 14.4 Å². The molecule has 10 heteroatoms. The molecule has 4 atom stereocenters. The Morgan fingerprint density at radius 2 is 1.76 bits per heavy atom. The van der Waals surface area contributed by atoms with Gasteiger partial charge < -0.3 is 20.6 Å². The van der Waals surface area contributed by atoms with Gasteiger partial charge in [-0.3, -0.25) is 19.4 Å². The summed E-state index contributed by atoms with van der Waals surface area (Å²) in [6.45, 7) is 9.67. The molecule has 1 saturated carbocycles. The van der Waals surface area contributed by atoms with E-state index in [0.717, 1.165) is 37.7 Å². The summed E-state index contributed by atoms with van der Waals surface area (Å²) in [5.41, 5.74) is 0.468. The van der Waals surface area contributed by atoms with Crippen LogP contribution < -0.4 is 10.6 Å². The molecule has 1 aromatic heterocycles. The Kier molecular flexibility index (Phi) is 9.62. The highest BCUT2D eigenvalue weighted by Crippen LogP contribution is 2.31. The summed E-state index contributed by atoms with van der Waals surface area (Å²) in [6, 6.07) is -2.79. The Morgan fingerprint density at radius 3 is 2.32 bits per heavy atom. The highest BCUT2D eigenvalue weighted by molar-refractivity contribution is 5.97. The summed E-state index contributed by atoms with van der Waals surface area (Å²) >= 11 is 0. The molecule has 0 radical (unpaired) electrons. The number of nitrogens with zero attached hydrogens (tertiary/aromatic N) is 3. The van der Waals surface area contributed by atoms with Crippen molar-refractivity contribution >= 4 is 23.7 Å². The Morgan fingerprint density at radius 1 is 1.08 bits per heavy atom. The van der Waals surface area contributed by atoms with Crippen LogP contribution in [0.1, 0.15) is 83.6 Å². The summed E-state index contributed by atoms with van der Waals surface area (Å²) in [5, 5.41) is 15.6. The van der Waals surface area contributed by atoms with Crippen LogP contribution in [0.4, 0.5) is 0 Å². The first-order chi connectivity index (χ1) is 17.9. The summed E-state index contributed by atoms with van der Waals surface area (Å²) in [6.07, 6.45) is 11.1. The molecule has 3 amide bonds. The molecule has 1 aliphatic carbocycles. The number of allylic oxidation sites excluding steroid dienone is 1. The molecule has 0 spiro atoms. The van der Waals surface area contributed by atoms with Crippen molar-refractivity contribution in [3.05, 3.63) is 35.9 Å². The van der Waals surface area contributed by atoms with Crippen LogP contribution in [0.15, 0.2) is 30.2 Å². The number of rotatable bonds is 8. The van der Waals surface area contributed by atoms with Crippen molar-refractivity contribution < 1.29 is 24.3 Å². The van der Waals surface area contributed by atoms with Gasteiger partial charge in [0, 0.05) is 18.9 Å². The van der Waals surface area contributed by atoms with E-state index in [0.29, 0.717) is 6.42 Å². The van der Waals surface area contributed by atoms with Crippen molar-refractivity contribution in [2.45, 2.75) is 91.3 Å². The van der Waals surface area contributed by atoms with Gasteiger partial charge in [0.25, 0.3) is 5.91 Å². The Labute approximate surface area is 224 Å². The quantitative estimate of drug-likeness (QED) is 0.441. The average Bonchev–Trinajstić information content (AvgIpc) is 3.29. The van der Waals surface area contributed by atoms with E-state index in [1.165, 1.54) is 23.5 Å². The lowest BCUT2D eigenvalue weighted by Crippen LogP contribution is -2.61. The second kappa shape index (κ2) is 12.5. The number of carboxylic acids is 1. The Bertz CT molecular complexity index is 1040. The van der Waals surface area contributed by atoms with Crippen LogP contribution in [0.2, 0.25) is 0 Å². The smallest absolute Gasteiger partial charge is 0.326 e. The molecule has 3 N–H and O–H groups in total. The maximum absolute atomic E-state index is 13.8. The van der Waals surface area contributed by atoms with Crippen molar-refractivity contribution in [2.75, 3.05) is 6.54 Å². The molecule has 38 heavy (non-hydrogen) atoms. The van der Waals surface area contributed by atoms with Gasteiger partial charge in [-0.05, 0) is 50.4 Å². The fourth-order valence-electron chi connectivity index (χ4n) is 5.48. The van der Waals surface area contributed by atoms with Gasteiger partial charge in [0.15, 0.2) is 0 Å².